The van der Waals surface area contributed by atoms with Crippen LogP contribution in [0.15, 0.2) is 102 Å². The van der Waals surface area contributed by atoms with Crippen LogP contribution in [0.2, 0.25) is 0 Å². The highest BCUT2D eigenvalue weighted by molar-refractivity contribution is 6.10. The van der Waals surface area contributed by atoms with E-state index in [1.165, 1.54) is 24.3 Å². The molecule has 6 nitrogen and oxygen atoms in total. The van der Waals surface area contributed by atoms with Crippen molar-refractivity contribution in [3.63, 3.8) is 0 Å². The van der Waals surface area contributed by atoms with Gasteiger partial charge < -0.3 is 18.9 Å². The van der Waals surface area contributed by atoms with Gasteiger partial charge in [0.1, 0.15) is 11.6 Å². The average molecular weight is 670 g/mol. The fourth-order valence-corrected chi connectivity index (χ4v) is 7.34. The Hall–Kier alpha value is -5.50. The minimum atomic E-state index is -0.260. The number of ether oxygens (including phenoxy) is 2. The van der Waals surface area contributed by atoms with E-state index in [4.69, 9.17) is 9.47 Å². The molecule has 8 heteroatoms. The molecule has 0 unspecified atom stereocenters. The molecule has 0 saturated carbocycles. The van der Waals surface area contributed by atoms with Gasteiger partial charge in [-0.3, -0.25) is 9.79 Å². The minimum Gasteiger partial charge on any atom is -0.493 e. The lowest BCUT2D eigenvalue weighted by atomic mass is 10.0. The van der Waals surface area contributed by atoms with Crippen LogP contribution in [0.5, 0.6) is 11.5 Å². The van der Waals surface area contributed by atoms with E-state index in [0.717, 1.165) is 89.3 Å². The van der Waals surface area contributed by atoms with Crippen molar-refractivity contribution in [3.8, 4) is 33.8 Å². The second-order valence-electron chi connectivity index (χ2n) is 13.0. The summed E-state index contributed by atoms with van der Waals surface area (Å²) in [7, 11) is 1.59. The molecular weight excluding hydrogens is 632 g/mol. The number of benzene rings is 5. The first-order valence-electron chi connectivity index (χ1n) is 17.2. The number of methoxy groups -OCH3 is 1. The minimum absolute atomic E-state index is 0.00623. The number of hydrogen-bond donors (Lipinski definition) is 0. The number of unbranched alkanes of at least 4 members (excludes halogenated alkanes) is 2. The molecule has 1 aromatic heterocycles. The fourth-order valence-electron chi connectivity index (χ4n) is 7.34. The molecule has 2 aliphatic rings. The van der Waals surface area contributed by atoms with Crippen molar-refractivity contribution in [2.45, 2.75) is 44.7 Å². The van der Waals surface area contributed by atoms with Gasteiger partial charge in [0.25, 0.3) is 5.91 Å². The van der Waals surface area contributed by atoms with Gasteiger partial charge in [0, 0.05) is 47.2 Å². The van der Waals surface area contributed by atoms with Crippen LogP contribution in [0.1, 0.15) is 42.5 Å². The topological polar surface area (TPSA) is 56.1 Å². The van der Waals surface area contributed by atoms with E-state index in [0.29, 0.717) is 29.4 Å². The Morgan fingerprint density at radius 1 is 0.740 bits per heavy atom. The molecule has 1 atom stereocenters. The summed E-state index contributed by atoms with van der Waals surface area (Å²) in [5, 5.41) is 2.23. The van der Waals surface area contributed by atoms with E-state index >= 15 is 0 Å². The van der Waals surface area contributed by atoms with Crippen LogP contribution in [-0.2, 0) is 6.54 Å². The van der Waals surface area contributed by atoms with E-state index in [2.05, 4.69) is 46.0 Å². The molecule has 1 amide bonds. The highest BCUT2D eigenvalue weighted by Gasteiger charge is 2.32. The molecule has 0 radical (unpaired) electrons. The van der Waals surface area contributed by atoms with Crippen molar-refractivity contribution in [1.29, 1.82) is 0 Å². The van der Waals surface area contributed by atoms with Crippen LogP contribution in [0.3, 0.4) is 0 Å². The number of aryl methyl sites for hydroxylation is 1. The molecule has 3 heterocycles. The summed E-state index contributed by atoms with van der Waals surface area (Å²) in [5.74, 6) is 0.603. The molecule has 5 aromatic carbocycles. The average Bonchev–Trinajstić information content (AvgIpc) is 3.71. The Bertz CT molecular complexity index is 2140. The summed E-state index contributed by atoms with van der Waals surface area (Å²) in [6.45, 7) is 2.08. The van der Waals surface area contributed by atoms with Crippen LogP contribution in [0, 0.1) is 11.6 Å². The Labute approximate surface area is 289 Å². The summed E-state index contributed by atoms with van der Waals surface area (Å²) in [6, 6.07) is 29.6. The van der Waals surface area contributed by atoms with Crippen LogP contribution < -0.4 is 9.47 Å². The van der Waals surface area contributed by atoms with Gasteiger partial charge in [-0.1, -0.05) is 36.4 Å². The van der Waals surface area contributed by atoms with Gasteiger partial charge in [-0.05, 0) is 109 Å². The van der Waals surface area contributed by atoms with Crippen molar-refractivity contribution in [1.82, 2.24) is 9.47 Å². The number of amides is 1. The number of aromatic nitrogens is 1. The van der Waals surface area contributed by atoms with E-state index in [9.17, 15) is 13.6 Å². The summed E-state index contributed by atoms with van der Waals surface area (Å²) in [4.78, 5) is 19.7. The SMILES string of the molecule is COc1cc2c(cc1OCCCCCn1c3ccc(-c4ccc(F)cc4)cc3c3cc(-c4ccc(F)cc4)ccc31)N=C[C@@H]1CCCN1C2=O. The second kappa shape index (κ2) is 13.4. The van der Waals surface area contributed by atoms with E-state index < -0.39 is 0 Å². The number of carbonyl (C=O) groups is 1. The van der Waals surface area contributed by atoms with Crippen LogP contribution in [0.25, 0.3) is 44.1 Å². The molecule has 8 rings (SSSR count). The summed E-state index contributed by atoms with van der Waals surface area (Å²) >= 11 is 0. The molecule has 1 fully saturated rings. The molecule has 0 spiro atoms. The summed E-state index contributed by atoms with van der Waals surface area (Å²) < 4.78 is 41.5. The number of rotatable bonds is 10. The Morgan fingerprint density at radius 2 is 1.36 bits per heavy atom. The third kappa shape index (κ3) is 5.99. The molecule has 6 aromatic rings. The summed E-state index contributed by atoms with van der Waals surface area (Å²) in [6.07, 6.45) is 6.55. The van der Waals surface area contributed by atoms with E-state index in [1.807, 2.05) is 17.2 Å². The van der Waals surface area contributed by atoms with Crippen molar-refractivity contribution >= 4 is 39.6 Å². The van der Waals surface area contributed by atoms with E-state index in [1.54, 1.807) is 37.4 Å². The number of fused-ring (bicyclic) bond motifs is 5. The number of hydrogen-bond acceptors (Lipinski definition) is 4. The molecule has 0 bridgehead atoms. The van der Waals surface area contributed by atoms with Gasteiger partial charge in [-0.15, -0.1) is 0 Å². The lowest BCUT2D eigenvalue weighted by Crippen LogP contribution is -2.35. The van der Waals surface area contributed by atoms with Gasteiger partial charge in [0.15, 0.2) is 11.5 Å². The van der Waals surface area contributed by atoms with Crippen molar-refractivity contribution in [2.24, 2.45) is 4.99 Å². The number of halogens is 2. The maximum absolute atomic E-state index is 13.7. The molecule has 0 aliphatic carbocycles. The lowest BCUT2D eigenvalue weighted by molar-refractivity contribution is 0.0774. The Balaban J connectivity index is 0.998. The van der Waals surface area contributed by atoms with Gasteiger partial charge in [-0.2, -0.15) is 0 Å². The quantitative estimate of drug-likeness (QED) is 0.137. The maximum atomic E-state index is 13.7. The summed E-state index contributed by atoms with van der Waals surface area (Å²) in [5.41, 5.74) is 7.37. The van der Waals surface area contributed by atoms with Gasteiger partial charge in [0.05, 0.1) is 31.0 Å². The molecule has 0 N–H and O–H groups in total. The number of carbonyl (C=O) groups excluding carboxylic acids is 1. The van der Waals surface area contributed by atoms with Gasteiger partial charge >= 0.3 is 0 Å². The zero-order chi connectivity index (χ0) is 34.2. The van der Waals surface area contributed by atoms with Crippen LogP contribution >= 0.6 is 0 Å². The van der Waals surface area contributed by atoms with Crippen LogP contribution in [0.4, 0.5) is 14.5 Å². The van der Waals surface area contributed by atoms with Gasteiger partial charge in [0.2, 0.25) is 0 Å². The van der Waals surface area contributed by atoms with Crippen molar-refractivity contribution in [2.75, 3.05) is 20.3 Å². The van der Waals surface area contributed by atoms with Gasteiger partial charge in [-0.25, -0.2) is 8.78 Å². The smallest absolute Gasteiger partial charge is 0.256 e. The maximum Gasteiger partial charge on any atom is 0.256 e. The highest BCUT2D eigenvalue weighted by Crippen LogP contribution is 2.39. The fraction of sp³-hybridized carbons (Fsp3) is 0.238. The van der Waals surface area contributed by atoms with Crippen molar-refractivity contribution in [3.05, 3.63) is 114 Å². The third-order valence-electron chi connectivity index (χ3n) is 9.96. The molecular formula is C42H37F2N3O3. The number of nitrogens with zero attached hydrogens (tertiary/aromatic N) is 3. The monoisotopic (exact) mass is 669 g/mol. The normalized spacial score (nSPS) is 15.4. The first kappa shape index (κ1) is 31.7. The molecule has 50 heavy (non-hydrogen) atoms. The third-order valence-corrected chi connectivity index (χ3v) is 9.96. The zero-order valence-corrected chi connectivity index (χ0v) is 27.9. The van der Waals surface area contributed by atoms with Crippen LogP contribution in [-0.4, -0.2) is 47.9 Å². The standard InChI is InChI=1S/C42H37F2N3O3/c1-49-40-24-36-37(45-26-33-6-5-20-46(33)42(36)48)25-41(40)50-21-4-2-3-19-47-38-17-11-29(27-7-13-31(43)14-8-27)22-34(38)35-23-30(12-18-39(35)47)28-9-15-32(44)16-10-28/h7-18,22-26,33H,2-6,19-21H2,1H3/t33-/m0/s1. The predicted octanol–water partition coefficient (Wildman–Crippen LogP) is 9.99. The molecule has 2 aliphatic heterocycles. The highest BCUT2D eigenvalue weighted by atomic mass is 19.1. The van der Waals surface area contributed by atoms with Crippen molar-refractivity contribution < 1.29 is 23.0 Å². The van der Waals surface area contributed by atoms with E-state index in [-0.39, 0.29) is 23.6 Å². The molecule has 1 saturated heterocycles. The predicted molar refractivity (Wildman–Crippen MR) is 195 cm³/mol. The lowest BCUT2D eigenvalue weighted by Gasteiger charge is -2.20. The molecule has 252 valence electrons. The number of aliphatic imine (C=N–C) groups is 1. The second-order valence-corrected chi connectivity index (χ2v) is 13.0. The largest absolute Gasteiger partial charge is 0.493 e. The first-order chi connectivity index (χ1) is 24.5. The Kier molecular flexibility index (Phi) is 8.53. The Morgan fingerprint density at radius 3 is 1.98 bits per heavy atom. The zero-order valence-electron chi connectivity index (χ0n) is 27.9. The first-order valence-corrected chi connectivity index (χ1v) is 17.2.